The number of likely N-dealkylation sites (N-methyl/N-ethyl adjacent to an activating group) is 1. The largest absolute Gasteiger partial charge is 0.312 e. The zero-order chi connectivity index (χ0) is 31.9. The van der Waals surface area contributed by atoms with Gasteiger partial charge in [0, 0.05) is 18.0 Å². The number of aliphatic imine (C=N–C) groups is 2. The Balaban J connectivity index is 0.000000428. The highest BCUT2D eigenvalue weighted by Crippen LogP contribution is 2.36. The molecule has 0 aromatic heterocycles. The lowest BCUT2D eigenvalue weighted by molar-refractivity contribution is 0.380. The lowest BCUT2D eigenvalue weighted by atomic mass is 10.0. The first-order chi connectivity index (χ1) is 20.3. The second kappa shape index (κ2) is 14.4. The highest BCUT2D eigenvalue weighted by atomic mass is 19.2. The van der Waals surface area contributed by atoms with E-state index in [2.05, 4.69) is 50.1 Å². The Hall–Kier alpha value is -4.13. The number of rotatable bonds is 7. The maximum Gasteiger partial charge on any atom is 0.206 e. The third kappa shape index (κ3) is 8.04. The normalized spacial score (nSPS) is 18.0. The van der Waals surface area contributed by atoms with E-state index in [0.29, 0.717) is 0 Å². The summed E-state index contributed by atoms with van der Waals surface area (Å²) in [6, 6.07) is 10.5. The molecule has 2 aromatic rings. The average molecular weight is 589 g/mol. The first-order valence-corrected chi connectivity index (χ1v) is 14.6. The minimum Gasteiger partial charge on any atom is -0.312 e. The number of nitrogens with zero attached hydrogens (tertiary/aromatic N) is 4. The minimum atomic E-state index is -0.780. The summed E-state index contributed by atoms with van der Waals surface area (Å²) >= 11 is 0. The van der Waals surface area contributed by atoms with Crippen LogP contribution in [-0.2, 0) is 6.42 Å². The van der Waals surface area contributed by atoms with E-state index in [-0.39, 0.29) is 11.4 Å². The Bertz CT molecular complexity index is 1520. The quantitative estimate of drug-likeness (QED) is 0.238. The van der Waals surface area contributed by atoms with Crippen molar-refractivity contribution in [2.24, 2.45) is 9.98 Å². The van der Waals surface area contributed by atoms with Crippen LogP contribution in [0.1, 0.15) is 66.5 Å². The summed E-state index contributed by atoms with van der Waals surface area (Å²) < 4.78 is 37.9. The van der Waals surface area contributed by atoms with Gasteiger partial charge in [0.15, 0.2) is 11.6 Å². The molecule has 0 unspecified atom stereocenters. The first kappa shape index (κ1) is 33.4. The molecule has 2 aromatic carbocycles. The van der Waals surface area contributed by atoms with Gasteiger partial charge in [-0.1, -0.05) is 56.0 Å². The van der Waals surface area contributed by atoms with Crippen molar-refractivity contribution in [1.29, 1.82) is 0 Å². The van der Waals surface area contributed by atoms with Crippen LogP contribution in [0.2, 0.25) is 0 Å². The molecule has 43 heavy (non-hydrogen) atoms. The Kier molecular flexibility index (Phi) is 11.1. The summed E-state index contributed by atoms with van der Waals surface area (Å²) in [4.78, 5) is 14.6. The Morgan fingerprint density at radius 2 is 1.70 bits per heavy atom. The highest BCUT2D eigenvalue weighted by molar-refractivity contribution is 6.02. The van der Waals surface area contributed by atoms with Gasteiger partial charge in [0.05, 0.1) is 17.8 Å². The predicted octanol–water partition coefficient (Wildman–Crippen LogP) is 9.25. The molecule has 2 aliphatic rings. The van der Waals surface area contributed by atoms with Gasteiger partial charge in [-0.15, -0.1) is 0 Å². The van der Waals surface area contributed by atoms with Gasteiger partial charge in [-0.25, -0.2) is 23.2 Å². The van der Waals surface area contributed by atoms with E-state index in [0.717, 1.165) is 76.6 Å². The maximum absolute atomic E-state index is 13.2. The van der Waals surface area contributed by atoms with E-state index in [1.807, 2.05) is 45.9 Å². The van der Waals surface area contributed by atoms with Crippen molar-refractivity contribution >= 4 is 17.2 Å². The molecule has 0 atom stereocenters. The van der Waals surface area contributed by atoms with Gasteiger partial charge in [0.2, 0.25) is 5.96 Å². The van der Waals surface area contributed by atoms with Gasteiger partial charge < -0.3 is 9.80 Å². The van der Waals surface area contributed by atoms with E-state index >= 15 is 0 Å². The fourth-order valence-corrected chi connectivity index (χ4v) is 4.94. The second-order valence-corrected chi connectivity index (χ2v) is 11.1. The molecule has 0 saturated carbocycles. The first-order valence-electron chi connectivity index (χ1n) is 14.6. The second-order valence-electron chi connectivity index (χ2n) is 11.1. The summed E-state index contributed by atoms with van der Waals surface area (Å²) in [7, 11) is 0. The summed E-state index contributed by atoms with van der Waals surface area (Å²) in [6.45, 7) is 22.2. The number of aryl methyl sites for hydroxylation is 1. The van der Waals surface area contributed by atoms with E-state index in [1.54, 1.807) is 18.2 Å². The zero-order valence-corrected chi connectivity index (χ0v) is 26.6. The van der Waals surface area contributed by atoms with Crippen molar-refractivity contribution < 1.29 is 13.2 Å². The Labute approximate surface area is 255 Å². The molecule has 0 bridgehead atoms. The molecule has 0 N–H and O–H groups in total. The summed E-state index contributed by atoms with van der Waals surface area (Å²) in [5.41, 5.74) is 7.68. The third-order valence-corrected chi connectivity index (χ3v) is 7.42. The van der Waals surface area contributed by atoms with Crippen molar-refractivity contribution in [2.75, 3.05) is 13.1 Å². The molecule has 0 saturated heterocycles. The number of fused-ring (bicyclic) bond motifs is 1. The topological polar surface area (TPSA) is 31.2 Å². The van der Waals surface area contributed by atoms with E-state index in [4.69, 9.17) is 9.98 Å². The van der Waals surface area contributed by atoms with Crippen LogP contribution >= 0.6 is 0 Å². The van der Waals surface area contributed by atoms with Gasteiger partial charge in [0.1, 0.15) is 11.5 Å². The lowest BCUT2D eigenvalue weighted by Gasteiger charge is -2.38. The van der Waals surface area contributed by atoms with E-state index in [1.165, 1.54) is 18.2 Å². The fraction of sp³-hybridized carbons (Fsp3) is 0.333. The van der Waals surface area contributed by atoms with Gasteiger partial charge >= 0.3 is 0 Å². The number of hydrogen-bond donors (Lipinski definition) is 0. The average Bonchev–Trinajstić information content (AvgIpc) is 3.31. The zero-order valence-electron chi connectivity index (χ0n) is 26.6. The van der Waals surface area contributed by atoms with Crippen LogP contribution in [-0.4, -0.2) is 40.1 Å². The summed E-state index contributed by atoms with van der Waals surface area (Å²) in [5.74, 6) is -0.776. The molecule has 228 valence electrons. The van der Waals surface area contributed by atoms with Crippen LogP contribution in [0.5, 0.6) is 0 Å². The molecule has 4 nitrogen and oxygen atoms in total. The van der Waals surface area contributed by atoms with Crippen LogP contribution in [0.4, 0.5) is 13.2 Å². The van der Waals surface area contributed by atoms with Crippen LogP contribution in [0.25, 0.3) is 5.57 Å². The molecule has 0 aliphatic carbocycles. The molecule has 4 rings (SSSR count). The van der Waals surface area contributed by atoms with Crippen molar-refractivity contribution in [3.63, 3.8) is 0 Å². The van der Waals surface area contributed by atoms with Gasteiger partial charge in [-0.2, -0.15) is 0 Å². The third-order valence-electron chi connectivity index (χ3n) is 7.42. The molecular weight excluding hydrogens is 545 g/mol. The minimum absolute atomic E-state index is 0.133. The Morgan fingerprint density at radius 1 is 1.02 bits per heavy atom. The smallest absolute Gasteiger partial charge is 0.206 e. The summed E-state index contributed by atoms with van der Waals surface area (Å²) in [6.07, 6.45) is 8.71. The van der Waals surface area contributed by atoms with Crippen LogP contribution in [0.3, 0.4) is 0 Å². The van der Waals surface area contributed by atoms with Crippen molar-refractivity contribution in [3.05, 3.63) is 125 Å². The van der Waals surface area contributed by atoms with Crippen LogP contribution in [0.15, 0.2) is 106 Å². The maximum atomic E-state index is 13.2. The van der Waals surface area contributed by atoms with Crippen molar-refractivity contribution in [3.8, 4) is 0 Å². The molecule has 0 spiro atoms. The van der Waals surface area contributed by atoms with Gasteiger partial charge in [0.25, 0.3) is 0 Å². The number of hydrogen-bond acceptors (Lipinski definition) is 4. The molecule has 2 heterocycles. The molecule has 0 radical (unpaired) electrons. The number of allylic oxidation sites excluding steroid dienone is 7. The molecular formula is C36H43F3N4. The van der Waals surface area contributed by atoms with E-state index in [9.17, 15) is 13.2 Å². The van der Waals surface area contributed by atoms with Crippen molar-refractivity contribution in [2.45, 2.75) is 67.3 Å². The van der Waals surface area contributed by atoms with E-state index < -0.39 is 11.6 Å². The highest BCUT2D eigenvalue weighted by Gasteiger charge is 2.40. The van der Waals surface area contributed by atoms with Crippen molar-refractivity contribution in [1.82, 2.24) is 9.80 Å². The van der Waals surface area contributed by atoms with Crippen LogP contribution in [0, 0.1) is 17.5 Å². The number of halogens is 3. The van der Waals surface area contributed by atoms with Gasteiger partial charge in [-0.05, 0) is 101 Å². The predicted molar refractivity (Wildman–Crippen MR) is 174 cm³/mol. The number of guanidine groups is 1. The molecule has 0 amide bonds. The standard InChI is InChI=1S/C28H35FN4.C8H8F2/c1-9-22(13-12-19(4)23-14-16-24(29)17-15-23)20(5)30-26-21(6)33-18-28(7,8)31-27(33)32(11-3)25(26)10-2;1-2-6-3-4-7(9)8(10)5-6/h9-10,12-17H,1,11,18H2,2-8H3;3-5H,2H2,1H3/b19-12+,22-13+,25-10?,30-20?;. The molecule has 0 fully saturated rings. The SMILES string of the molecule is C=C/C(=C\C=C(/C)c1ccc(F)cc1)C(C)=NC1=C(C)N2CC(C)(C)N=C2N(CC)C1=CC.CCc1ccc(F)c(F)c1. The van der Waals surface area contributed by atoms with Gasteiger partial charge in [-0.3, -0.25) is 0 Å². The molecule has 7 heteroatoms. The summed E-state index contributed by atoms with van der Waals surface area (Å²) in [5, 5.41) is 0. The fourth-order valence-electron chi connectivity index (χ4n) is 4.94. The number of benzene rings is 2. The van der Waals surface area contributed by atoms with Crippen LogP contribution < -0.4 is 0 Å². The monoisotopic (exact) mass is 588 g/mol. The Morgan fingerprint density at radius 3 is 2.26 bits per heavy atom. The molecule has 2 aliphatic heterocycles. The lowest BCUT2D eigenvalue weighted by Crippen LogP contribution is -2.45.